The van der Waals surface area contributed by atoms with Crippen molar-refractivity contribution in [3.8, 4) is 11.5 Å². The van der Waals surface area contributed by atoms with Crippen LogP contribution in [0.3, 0.4) is 0 Å². The number of ether oxygens (including phenoxy) is 2. The second kappa shape index (κ2) is 9.06. The van der Waals surface area contributed by atoms with Crippen LogP contribution in [0, 0.1) is 0 Å². The van der Waals surface area contributed by atoms with E-state index in [0.29, 0.717) is 38.4 Å². The molecule has 0 saturated heterocycles. The van der Waals surface area contributed by atoms with Gasteiger partial charge in [-0.15, -0.1) is 0 Å². The molecular weight excluding hydrogens is 465 g/mol. The molecule has 1 amide bonds. The number of rotatable bonds is 7. The minimum absolute atomic E-state index is 0.166. The fraction of sp³-hybridized carbons (Fsp3) is 0.200. The Balaban J connectivity index is 1.66. The number of fused-ring (bicyclic) bond motifs is 1. The summed E-state index contributed by atoms with van der Waals surface area (Å²) in [6, 6.07) is 16.7. The number of anilines is 1. The number of nitrogens with zero attached hydrogens (tertiary/aromatic N) is 1. The third-order valence-electron chi connectivity index (χ3n) is 5.69. The molecule has 1 heterocycles. The molecule has 3 aromatic rings. The molecule has 0 fully saturated rings. The standard InChI is InChI=1S/C25H21Cl2NO5/c1-32-22-10-8-16(12-23(22)33-2)21(29)13-25(31)17-5-3-4-6-20(17)28(24(25)30)14-15-7-9-18(26)19(27)11-15/h3-12,31H,13-14H2,1-2H3. The number of hydrogen-bond donors (Lipinski definition) is 1. The first-order chi connectivity index (χ1) is 15.8. The summed E-state index contributed by atoms with van der Waals surface area (Å²) in [6.45, 7) is 0.166. The van der Waals surface area contributed by atoms with Gasteiger partial charge in [0.25, 0.3) is 5.91 Å². The number of aliphatic hydroxyl groups is 1. The summed E-state index contributed by atoms with van der Waals surface area (Å²) < 4.78 is 10.5. The number of benzene rings is 3. The maximum atomic E-state index is 13.5. The Kier molecular flexibility index (Phi) is 6.34. The van der Waals surface area contributed by atoms with Gasteiger partial charge in [-0.3, -0.25) is 9.59 Å². The molecular formula is C25H21Cl2NO5. The summed E-state index contributed by atoms with van der Waals surface area (Å²) in [5.74, 6) is -0.126. The van der Waals surface area contributed by atoms with Crippen LogP contribution in [0.1, 0.15) is 27.9 Å². The van der Waals surface area contributed by atoms with Crippen molar-refractivity contribution in [1.82, 2.24) is 0 Å². The minimum atomic E-state index is -2.00. The fourth-order valence-electron chi connectivity index (χ4n) is 4.00. The van der Waals surface area contributed by atoms with E-state index in [-0.39, 0.29) is 6.54 Å². The highest BCUT2D eigenvalue weighted by molar-refractivity contribution is 6.42. The van der Waals surface area contributed by atoms with Gasteiger partial charge in [-0.2, -0.15) is 0 Å². The van der Waals surface area contributed by atoms with E-state index in [9.17, 15) is 14.7 Å². The number of hydrogen-bond acceptors (Lipinski definition) is 5. The van der Waals surface area contributed by atoms with Gasteiger partial charge in [0.2, 0.25) is 0 Å². The molecule has 0 radical (unpaired) electrons. The summed E-state index contributed by atoms with van der Waals surface area (Å²) in [7, 11) is 2.97. The molecule has 0 bridgehead atoms. The van der Waals surface area contributed by atoms with Gasteiger partial charge in [-0.25, -0.2) is 0 Å². The van der Waals surface area contributed by atoms with Gasteiger partial charge in [0.05, 0.1) is 42.9 Å². The summed E-state index contributed by atoms with van der Waals surface area (Å²) in [6.07, 6.45) is -0.420. The Morgan fingerprint density at radius 3 is 2.39 bits per heavy atom. The van der Waals surface area contributed by atoms with Gasteiger partial charge in [0, 0.05) is 11.1 Å². The zero-order valence-corrected chi connectivity index (χ0v) is 19.5. The molecule has 8 heteroatoms. The maximum Gasteiger partial charge on any atom is 0.264 e. The monoisotopic (exact) mass is 485 g/mol. The third-order valence-corrected chi connectivity index (χ3v) is 6.43. The highest BCUT2D eigenvalue weighted by atomic mass is 35.5. The van der Waals surface area contributed by atoms with Crippen molar-refractivity contribution in [3.63, 3.8) is 0 Å². The predicted octanol–water partition coefficient (Wildman–Crippen LogP) is 5.02. The zero-order chi connectivity index (χ0) is 23.8. The van der Waals surface area contributed by atoms with Crippen LogP contribution in [0.2, 0.25) is 10.0 Å². The molecule has 1 atom stereocenters. The lowest BCUT2D eigenvalue weighted by atomic mass is 9.88. The molecule has 1 aliphatic heterocycles. The van der Waals surface area contributed by atoms with Crippen molar-refractivity contribution < 1.29 is 24.2 Å². The first-order valence-corrected chi connectivity index (χ1v) is 10.9. The summed E-state index contributed by atoms with van der Waals surface area (Å²) in [4.78, 5) is 28.0. The first-order valence-electron chi connectivity index (χ1n) is 10.1. The van der Waals surface area contributed by atoms with E-state index in [4.69, 9.17) is 32.7 Å². The lowest BCUT2D eigenvalue weighted by molar-refractivity contribution is -0.136. The van der Waals surface area contributed by atoms with E-state index in [2.05, 4.69) is 0 Å². The second-order valence-electron chi connectivity index (χ2n) is 7.69. The van der Waals surface area contributed by atoms with Gasteiger partial charge < -0.3 is 19.5 Å². The van der Waals surface area contributed by atoms with Crippen LogP contribution in [0.25, 0.3) is 0 Å². The number of halogens is 2. The van der Waals surface area contributed by atoms with Crippen LogP contribution in [-0.2, 0) is 16.9 Å². The highest BCUT2D eigenvalue weighted by Crippen LogP contribution is 2.44. The fourth-order valence-corrected chi connectivity index (χ4v) is 4.32. The summed E-state index contributed by atoms with van der Waals surface area (Å²) in [5.41, 5.74) is -0.0470. The Hall–Kier alpha value is -3.06. The van der Waals surface area contributed by atoms with Crippen LogP contribution in [0.4, 0.5) is 5.69 Å². The van der Waals surface area contributed by atoms with E-state index in [0.717, 1.165) is 5.56 Å². The van der Waals surface area contributed by atoms with E-state index < -0.39 is 23.7 Å². The van der Waals surface area contributed by atoms with Gasteiger partial charge >= 0.3 is 0 Å². The Labute approximate surface area is 201 Å². The first kappa shape index (κ1) is 23.1. The number of amides is 1. The lowest BCUT2D eigenvalue weighted by Crippen LogP contribution is -2.41. The molecule has 33 heavy (non-hydrogen) atoms. The molecule has 4 rings (SSSR count). The number of methoxy groups -OCH3 is 2. The van der Waals surface area contributed by atoms with Crippen molar-refractivity contribution in [2.24, 2.45) is 0 Å². The van der Waals surface area contributed by atoms with E-state index in [1.54, 1.807) is 54.6 Å². The van der Waals surface area contributed by atoms with Crippen LogP contribution in [0.5, 0.6) is 11.5 Å². The van der Waals surface area contributed by atoms with Crippen LogP contribution < -0.4 is 14.4 Å². The molecule has 0 saturated carbocycles. The van der Waals surface area contributed by atoms with Gasteiger partial charge in [0.1, 0.15) is 0 Å². The van der Waals surface area contributed by atoms with Crippen molar-refractivity contribution >= 4 is 40.6 Å². The average molecular weight is 486 g/mol. The Morgan fingerprint density at radius 2 is 1.70 bits per heavy atom. The SMILES string of the molecule is COc1ccc(C(=O)CC2(O)C(=O)N(Cc3ccc(Cl)c(Cl)c3)c3ccccc32)cc1OC. The van der Waals surface area contributed by atoms with Gasteiger partial charge in [-0.1, -0.05) is 47.5 Å². The minimum Gasteiger partial charge on any atom is -0.493 e. The average Bonchev–Trinajstić information content (AvgIpc) is 3.02. The summed E-state index contributed by atoms with van der Waals surface area (Å²) in [5, 5.41) is 12.3. The molecule has 170 valence electrons. The van der Waals surface area contributed by atoms with E-state index in [1.807, 2.05) is 0 Å². The zero-order valence-electron chi connectivity index (χ0n) is 18.0. The molecule has 1 aliphatic rings. The number of carbonyl (C=O) groups is 2. The van der Waals surface area contributed by atoms with Crippen molar-refractivity contribution in [1.29, 1.82) is 0 Å². The molecule has 1 unspecified atom stereocenters. The molecule has 0 spiro atoms. The molecule has 0 aliphatic carbocycles. The quantitative estimate of drug-likeness (QED) is 0.475. The number of Topliss-reactive ketones (excluding diaryl/α,β-unsaturated/α-hetero) is 1. The normalized spacial score (nSPS) is 17.1. The van der Waals surface area contributed by atoms with Crippen molar-refractivity contribution in [3.05, 3.63) is 87.4 Å². The van der Waals surface area contributed by atoms with E-state index in [1.165, 1.54) is 25.2 Å². The van der Waals surface area contributed by atoms with E-state index >= 15 is 0 Å². The van der Waals surface area contributed by atoms with Gasteiger partial charge in [0.15, 0.2) is 22.9 Å². The smallest absolute Gasteiger partial charge is 0.264 e. The number of carbonyl (C=O) groups excluding carboxylic acids is 2. The number of para-hydroxylation sites is 1. The second-order valence-corrected chi connectivity index (χ2v) is 8.50. The van der Waals surface area contributed by atoms with Crippen molar-refractivity contribution in [2.75, 3.05) is 19.1 Å². The summed E-state index contributed by atoms with van der Waals surface area (Å²) >= 11 is 12.1. The topological polar surface area (TPSA) is 76.1 Å². The molecule has 3 aromatic carbocycles. The van der Waals surface area contributed by atoms with Crippen LogP contribution >= 0.6 is 23.2 Å². The highest BCUT2D eigenvalue weighted by Gasteiger charge is 2.50. The largest absolute Gasteiger partial charge is 0.493 e. The van der Waals surface area contributed by atoms with Gasteiger partial charge in [-0.05, 0) is 42.0 Å². The Morgan fingerprint density at radius 1 is 0.970 bits per heavy atom. The molecule has 0 aromatic heterocycles. The maximum absolute atomic E-state index is 13.5. The molecule has 1 N–H and O–H groups in total. The predicted molar refractivity (Wildman–Crippen MR) is 126 cm³/mol. The third kappa shape index (κ3) is 4.17. The van der Waals surface area contributed by atoms with Crippen LogP contribution in [0.15, 0.2) is 60.7 Å². The lowest BCUT2D eigenvalue weighted by Gasteiger charge is -2.23. The Bertz CT molecular complexity index is 1250. The van der Waals surface area contributed by atoms with Crippen LogP contribution in [-0.4, -0.2) is 31.0 Å². The van der Waals surface area contributed by atoms with Crippen molar-refractivity contribution in [2.45, 2.75) is 18.6 Å². The molecule has 6 nitrogen and oxygen atoms in total. The number of ketones is 1.